The Morgan fingerprint density at radius 1 is 1.28 bits per heavy atom. The van der Waals surface area contributed by atoms with Crippen LogP contribution in [0.2, 0.25) is 0 Å². The van der Waals surface area contributed by atoms with E-state index in [1.54, 1.807) is 6.08 Å². The number of aliphatic imine (C=N–C) groups is 1. The molecule has 1 aromatic rings. The van der Waals surface area contributed by atoms with E-state index >= 15 is 0 Å². The molecule has 2 aliphatic rings. The summed E-state index contributed by atoms with van der Waals surface area (Å²) in [4.78, 5) is 17.4. The fourth-order valence-electron chi connectivity index (χ4n) is 3.85. The standard InChI is InChI=1S/C27H34N4O/c1-3-4-6-12-21(2)25(22-13-7-5-8-14-22)31-27(32)29-20-11-18-24-17-9-15-23-16-10-19-28-26(23)30-24/h3-9,12-15,25,28H,1,10-11,16-20H2,2H3,(H2,29,31,32)/b6-4-,21-12+. The lowest BCUT2D eigenvalue weighted by atomic mass is 9.99. The zero-order valence-electron chi connectivity index (χ0n) is 18.9. The highest BCUT2D eigenvalue weighted by Gasteiger charge is 2.16. The molecule has 0 saturated heterocycles. The van der Waals surface area contributed by atoms with E-state index in [-0.39, 0.29) is 12.1 Å². The molecular weight excluding hydrogens is 396 g/mol. The Labute approximate surface area is 191 Å². The van der Waals surface area contributed by atoms with Crippen LogP contribution >= 0.6 is 0 Å². The smallest absolute Gasteiger partial charge is 0.315 e. The third kappa shape index (κ3) is 7.12. The molecule has 5 nitrogen and oxygen atoms in total. The molecule has 3 rings (SSSR count). The van der Waals surface area contributed by atoms with Crippen LogP contribution in [-0.2, 0) is 0 Å². The quantitative estimate of drug-likeness (QED) is 0.358. The predicted octanol–water partition coefficient (Wildman–Crippen LogP) is 5.49. The fourth-order valence-corrected chi connectivity index (χ4v) is 3.85. The molecule has 3 N–H and O–H groups in total. The largest absolute Gasteiger partial charge is 0.370 e. The zero-order valence-corrected chi connectivity index (χ0v) is 18.9. The van der Waals surface area contributed by atoms with Gasteiger partial charge in [-0.15, -0.1) is 0 Å². The summed E-state index contributed by atoms with van der Waals surface area (Å²) in [5, 5.41) is 9.52. The van der Waals surface area contributed by atoms with Gasteiger partial charge in [0.25, 0.3) is 0 Å². The van der Waals surface area contributed by atoms with Crippen molar-refractivity contribution >= 4 is 11.7 Å². The van der Waals surface area contributed by atoms with Gasteiger partial charge in [-0.25, -0.2) is 9.79 Å². The molecule has 2 amide bonds. The molecule has 2 heterocycles. The van der Waals surface area contributed by atoms with Gasteiger partial charge in [0.15, 0.2) is 0 Å². The van der Waals surface area contributed by atoms with Crippen LogP contribution < -0.4 is 16.0 Å². The van der Waals surface area contributed by atoms with Crippen molar-refractivity contribution in [1.82, 2.24) is 16.0 Å². The molecule has 0 bridgehead atoms. The second-order valence-corrected chi connectivity index (χ2v) is 8.07. The maximum absolute atomic E-state index is 12.6. The van der Waals surface area contributed by atoms with Crippen molar-refractivity contribution in [3.8, 4) is 0 Å². The average molecular weight is 431 g/mol. The second kappa shape index (κ2) is 12.5. The van der Waals surface area contributed by atoms with Crippen molar-refractivity contribution in [3.63, 3.8) is 0 Å². The van der Waals surface area contributed by atoms with E-state index in [0.29, 0.717) is 6.54 Å². The second-order valence-electron chi connectivity index (χ2n) is 8.07. The van der Waals surface area contributed by atoms with Crippen LogP contribution in [0.3, 0.4) is 0 Å². The summed E-state index contributed by atoms with van der Waals surface area (Å²) in [6.45, 7) is 7.31. The van der Waals surface area contributed by atoms with Crippen molar-refractivity contribution in [2.45, 2.75) is 45.1 Å². The molecule has 32 heavy (non-hydrogen) atoms. The van der Waals surface area contributed by atoms with Crippen LogP contribution in [0.4, 0.5) is 4.79 Å². The third-order valence-electron chi connectivity index (χ3n) is 5.56. The van der Waals surface area contributed by atoms with Crippen LogP contribution in [0.5, 0.6) is 0 Å². The number of urea groups is 1. The Morgan fingerprint density at radius 2 is 2.12 bits per heavy atom. The summed E-state index contributed by atoms with van der Waals surface area (Å²) in [5.74, 6) is 1.03. The molecule has 1 unspecified atom stereocenters. The first kappa shape index (κ1) is 23.3. The minimum Gasteiger partial charge on any atom is -0.370 e. The molecule has 168 valence electrons. The molecule has 1 aromatic carbocycles. The molecule has 0 aliphatic carbocycles. The normalized spacial score (nSPS) is 17.2. The number of nitrogens with one attached hydrogen (secondary N) is 3. The van der Waals surface area contributed by atoms with E-state index in [9.17, 15) is 4.79 Å². The van der Waals surface area contributed by atoms with Crippen molar-refractivity contribution < 1.29 is 4.79 Å². The maximum atomic E-state index is 12.6. The number of amides is 2. The number of hydrogen-bond donors (Lipinski definition) is 3. The number of rotatable bonds is 9. The summed E-state index contributed by atoms with van der Waals surface area (Å²) >= 11 is 0. The van der Waals surface area contributed by atoms with Gasteiger partial charge in [-0.3, -0.25) is 0 Å². The highest BCUT2D eigenvalue weighted by atomic mass is 16.2. The summed E-state index contributed by atoms with van der Waals surface area (Å²) in [6, 6.07) is 9.65. The maximum Gasteiger partial charge on any atom is 0.315 e. The third-order valence-corrected chi connectivity index (χ3v) is 5.56. The van der Waals surface area contributed by atoms with Gasteiger partial charge in [-0.05, 0) is 49.3 Å². The van der Waals surface area contributed by atoms with E-state index < -0.39 is 0 Å². The lowest BCUT2D eigenvalue weighted by molar-refractivity contribution is 0.238. The Balaban J connectivity index is 1.52. The van der Waals surface area contributed by atoms with Crippen LogP contribution in [-0.4, -0.2) is 24.8 Å². The minimum atomic E-state index is -0.190. The van der Waals surface area contributed by atoms with E-state index in [0.717, 1.165) is 61.3 Å². The Morgan fingerprint density at radius 3 is 2.94 bits per heavy atom. The highest BCUT2D eigenvalue weighted by Crippen LogP contribution is 2.22. The van der Waals surface area contributed by atoms with Crippen molar-refractivity contribution in [3.05, 3.63) is 95.9 Å². The Kier molecular flexibility index (Phi) is 9.11. The lowest BCUT2D eigenvalue weighted by Crippen LogP contribution is -2.39. The van der Waals surface area contributed by atoms with Gasteiger partial charge in [-0.1, -0.05) is 73.4 Å². The van der Waals surface area contributed by atoms with Gasteiger partial charge >= 0.3 is 6.03 Å². The molecule has 2 aliphatic heterocycles. The molecule has 1 atom stereocenters. The first-order valence-electron chi connectivity index (χ1n) is 11.4. The zero-order chi connectivity index (χ0) is 22.6. The first-order valence-corrected chi connectivity index (χ1v) is 11.4. The Hall–Kier alpha value is -3.34. The van der Waals surface area contributed by atoms with Gasteiger partial charge in [-0.2, -0.15) is 0 Å². The predicted molar refractivity (Wildman–Crippen MR) is 134 cm³/mol. The summed E-state index contributed by atoms with van der Waals surface area (Å²) < 4.78 is 0. The molecule has 0 saturated carbocycles. The van der Waals surface area contributed by atoms with Crippen molar-refractivity contribution in [2.24, 2.45) is 4.99 Å². The SMILES string of the molecule is C=C/C=C\C=C(/C)C(NC(=O)NCCCC1=NC2=C(C=CC1)CCCN2)c1ccccc1. The van der Waals surface area contributed by atoms with Gasteiger partial charge in [0, 0.05) is 25.2 Å². The molecule has 0 spiro atoms. The molecule has 0 fully saturated rings. The van der Waals surface area contributed by atoms with Gasteiger partial charge in [0.1, 0.15) is 5.82 Å². The monoisotopic (exact) mass is 430 g/mol. The topological polar surface area (TPSA) is 65.5 Å². The van der Waals surface area contributed by atoms with Gasteiger partial charge < -0.3 is 16.0 Å². The van der Waals surface area contributed by atoms with Crippen LogP contribution in [0.25, 0.3) is 0 Å². The van der Waals surface area contributed by atoms with E-state index in [4.69, 9.17) is 4.99 Å². The average Bonchev–Trinajstić information content (AvgIpc) is 3.03. The number of carbonyl (C=O) groups excluding carboxylic acids is 1. The summed E-state index contributed by atoms with van der Waals surface area (Å²) in [5.41, 5.74) is 4.57. The number of benzene rings is 1. The fraction of sp³-hybridized carbons (Fsp3) is 0.333. The van der Waals surface area contributed by atoms with E-state index in [2.05, 4.69) is 34.7 Å². The first-order chi connectivity index (χ1) is 15.7. The summed E-state index contributed by atoms with van der Waals surface area (Å²) in [6.07, 6.45) is 16.8. The van der Waals surface area contributed by atoms with Crippen LogP contribution in [0, 0.1) is 0 Å². The molecule has 0 aromatic heterocycles. The van der Waals surface area contributed by atoms with E-state index in [1.807, 2.05) is 55.5 Å². The van der Waals surface area contributed by atoms with Crippen molar-refractivity contribution in [2.75, 3.05) is 13.1 Å². The Bertz CT molecular complexity index is 938. The van der Waals surface area contributed by atoms with Crippen LogP contribution in [0.15, 0.2) is 95.3 Å². The van der Waals surface area contributed by atoms with Gasteiger partial charge in [0.05, 0.1) is 6.04 Å². The van der Waals surface area contributed by atoms with E-state index in [1.165, 1.54) is 5.57 Å². The van der Waals surface area contributed by atoms with Crippen LogP contribution in [0.1, 0.15) is 50.6 Å². The number of hydrogen-bond acceptors (Lipinski definition) is 3. The summed E-state index contributed by atoms with van der Waals surface area (Å²) in [7, 11) is 0. The number of nitrogens with zero attached hydrogens (tertiary/aromatic N) is 1. The molecule has 0 radical (unpaired) electrons. The molecular formula is C27H34N4O. The molecule has 5 heteroatoms. The number of allylic oxidation sites excluding steroid dienone is 7. The minimum absolute atomic E-state index is 0.166. The van der Waals surface area contributed by atoms with Gasteiger partial charge in [0.2, 0.25) is 0 Å². The highest BCUT2D eigenvalue weighted by molar-refractivity contribution is 5.87. The van der Waals surface area contributed by atoms with Crippen molar-refractivity contribution in [1.29, 1.82) is 0 Å². The number of carbonyl (C=O) groups is 1. The lowest BCUT2D eigenvalue weighted by Gasteiger charge is -2.20.